The lowest BCUT2D eigenvalue weighted by Crippen LogP contribution is -2.43. The van der Waals surface area contributed by atoms with E-state index in [1.54, 1.807) is 7.11 Å². The Morgan fingerprint density at radius 3 is 2.76 bits per heavy atom. The zero-order chi connectivity index (χ0) is 15.4. The molecule has 3 nitrogen and oxygen atoms in total. The Labute approximate surface area is 136 Å². The van der Waals surface area contributed by atoms with E-state index in [0.29, 0.717) is 10.5 Å². The van der Waals surface area contributed by atoms with E-state index in [0.717, 1.165) is 29.0 Å². The smallest absolute Gasteiger partial charge is 0.128 e. The highest BCUT2D eigenvalue weighted by molar-refractivity contribution is 8.07. The number of hydrogen-bond donors (Lipinski definition) is 1. The average Bonchev–Trinajstić information content (AvgIpc) is 2.50. The van der Waals surface area contributed by atoms with E-state index in [-0.39, 0.29) is 6.04 Å². The van der Waals surface area contributed by atoms with E-state index >= 15 is 0 Å². The summed E-state index contributed by atoms with van der Waals surface area (Å²) in [5, 5.41) is 1.20. The van der Waals surface area contributed by atoms with E-state index in [9.17, 15) is 0 Å². The standard InChI is InChI=1S/C16H26N2OS2/c1-5-14-16(21-7-6-20-14)12(17)8-13-11(3)15(19-4)10(2)9-18-13/h9,12,14,16H,5-8,17H2,1-4H3. The molecular formula is C16H26N2OS2. The van der Waals surface area contributed by atoms with E-state index in [1.807, 2.05) is 24.9 Å². The first-order valence-corrected chi connectivity index (χ1v) is 9.66. The molecule has 3 atom stereocenters. The van der Waals surface area contributed by atoms with Gasteiger partial charge in [0.25, 0.3) is 0 Å². The lowest BCUT2D eigenvalue weighted by atomic mass is 10.0. The molecule has 0 amide bonds. The molecule has 5 heteroatoms. The van der Waals surface area contributed by atoms with Crippen molar-refractivity contribution in [3.8, 4) is 5.75 Å². The van der Waals surface area contributed by atoms with Gasteiger partial charge >= 0.3 is 0 Å². The molecule has 21 heavy (non-hydrogen) atoms. The Balaban J connectivity index is 2.13. The zero-order valence-corrected chi connectivity index (χ0v) is 15.0. The molecule has 1 aromatic heterocycles. The second-order valence-corrected chi connectivity index (χ2v) is 8.20. The molecule has 0 saturated carbocycles. The first-order valence-electron chi connectivity index (χ1n) is 7.56. The van der Waals surface area contributed by atoms with Crippen LogP contribution in [0, 0.1) is 13.8 Å². The van der Waals surface area contributed by atoms with Crippen molar-refractivity contribution in [2.75, 3.05) is 18.6 Å². The zero-order valence-electron chi connectivity index (χ0n) is 13.4. The van der Waals surface area contributed by atoms with Gasteiger partial charge in [0, 0.05) is 57.5 Å². The summed E-state index contributed by atoms with van der Waals surface area (Å²) < 4.78 is 5.50. The van der Waals surface area contributed by atoms with Gasteiger partial charge in [-0.1, -0.05) is 6.92 Å². The van der Waals surface area contributed by atoms with Crippen molar-refractivity contribution in [3.63, 3.8) is 0 Å². The van der Waals surface area contributed by atoms with Crippen LogP contribution in [0.3, 0.4) is 0 Å². The van der Waals surface area contributed by atoms with Crippen LogP contribution in [-0.4, -0.2) is 40.1 Å². The molecule has 118 valence electrons. The molecule has 0 bridgehead atoms. The monoisotopic (exact) mass is 326 g/mol. The van der Waals surface area contributed by atoms with E-state index < -0.39 is 0 Å². The van der Waals surface area contributed by atoms with Gasteiger partial charge in [0.1, 0.15) is 5.75 Å². The first-order chi connectivity index (χ1) is 10.1. The van der Waals surface area contributed by atoms with Crippen LogP contribution in [0.1, 0.15) is 30.2 Å². The van der Waals surface area contributed by atoms with Crippen molar-refractivity contribution in [1.29, 1.82) is 0 Å². The minimum Gasteiger partial charge on any atom is -0.496 e. The number of thioether (sulfide) groups is 2. The van der Waals surface area contributed by atoms with E-state index in [2.05, 4.69) is 30.6 Å². The summed E-state index contributed by atoms with van der Waals surface area (Å²) in [4.78, 5) is 4.60. The summed E-state index contributed by atoms with van der Waals surface area (Å²) in [7, 11) is 1.72. The Hall–Kier alpha value is -0.390. The molecule has 1 aliphatic rings. The molecule has 1 fully saturated rings. The topological polar surface area (TPSA) is 48.1 Å². The molecule has 1 aromatic rings. The summed E-state index contributed by atoms with van der Waals surface area (Å²) >= 11 is 4.12. The van der Waals surface area contributed by atoms with Gasteiger partial charge in [0.05, 0.1) is 7.11 Å². The Morgan fingerprint density at radius 1 is 1.38 bits per heavy atom. The van der Waals surface area contributed by atoms with Crippen molar-refractivity contribution < 1.29 is 4.74 Å². The van der Waals surface area contributed by atoms with Gasteiger partial charge in [0.2, 0.25) is 0 Å². The third-order valence-corrected chi connectivity index (χ3v) is 7.52. The number of rotatable bonds is 5. The summed E-state index contributed by atoms with van der Waals surface area (Å²) in [5.41, 5.74) is 9.83. The Bertz CT molecular complexity index is 482. The average molecular weight is 327 g/mol. The normalized spacial score (nSPS) is 23.9. The third-order valence-electron chi connectivity index (χ3n) is 4.10. The molecule has 0 radical (unpaired) electrons. The minimum atomic E-state index is 0.159. The number of ether oxygens (including phenoxy) is 1. The second kappa shape index (κ2) is 7.75. The fraction of sp³-hybridized carbons (Fsp3) is 0.688. The van der Waals surface area contributed by atoms with Gasteiger partial charge in [-0.3, -0.25) is 4.98 Å². The Morgan fingerprint density at radius 2 is 2.10 bits per heavy atom. The van der Waals surface area contributed by atoms with Crippen LogP contribution >= 0.6 is 23.5 Å². The first kappa shape index (κ1) is 17.0. The lowest BCUT2D eigenvalue weighted by molar-refractivity contribution is 0.406. The number of hydrogen-bond acceptors (Lipinski definition) is 5. The number of nitrogens with two attached hydrogens (primary N) is 1. The highest BCUT2D eigenvalue weighted by Crippen LogP contribution is 2.36. The van der Waals surface area contributed by atoms with Crippen LogP contribution in [0.25, 0.3) is 0 Å². The summed E-state index contributed by atoms with van der Waals surface area (Å²) in [6.07, 6.45) is 3.92. The molecule has 1 saturated heterocycles. The third kappa shape index (κ3) is 3.88. The highest BCUT2D eigenvalue weighted by atomic mass is 32.2. The maximum Gasteiger partial charge on any atom is 0.128 e. The molecule has 0 aliphatic carbocycles. The quantitative estimate of drug-likeness (QED) is 0.900. The van der Waals surface area contributed by atoms with E-state index in [4.69, 9.17) is 10.5 Å². The molecule has 2 N–H and O–H groups in total. The van der Waals surface area contributed by atoms with Crippen molar-refractivity contribution >= 4 is 23.5 Å². The van der Waals surface area contributed by atoms with Gasteiger partial charge in [-0.25, -0.2) is 0 Å². The number of pyridine rings is 1. The van der Waals surface area contributed by atoms with Crippen molar-refractivity contribution in [2.45, 2.75) is 50.2 Å². The van der Waals surface area contributed by atoms with Crippen LogP contribution in [0.5, 0.6) is 5.75 Å². The van der Waals surface area contributed by atoms with E-state index in [1.165, 1.54) is 17.9 Å². The predicted octanol–water partition coefficient (Wildman–Crippen LogP) is 3.20. The summed E-state index contributed by atoms with van der Waals surface area (Å²) in [6.45, 7) is 6.38. The van der Waals surface area contributed by atoms with Gasteiger partial charge < -0.3 is 10.5 Å². The Kier molecular flexibility index (Phi) is 6.26. The van der Waals surface area contributed by atoms with Crippen molar-refractivity contribution in [1.82, 2.24) is 4.98 Å². The summed E-state index contributed by atoms with van der Waals surface area (Å²) in [5.74, 6) is 3.41. The molecule has 2 rings (SSSR count). The van der Waals surface area contributed by atoms with Gasteiger partial charge in [-0.2, -0.15) is 23.5 Å². The van der Waals surface area contributed by atoms with Crippen LogP contribution in [0.15, 0.2) is 6.20 Å². The van der Waals surface area contributed by atoms with Crippen LogP contribution in [0.2, 0.25) is 0 Å². The lowest BCUT2D eigenvalue weighted by Gasteiger charge is -2.34. The predicted molar refractivity (Wildman–Crippen MR) is 94.7 cm³/mol. The van der Waals surface area contributed by atoms with Crippen LogP contribution in [0.4, 0.5) is 0 Å². The second-order valence-electron chi connectivity index (χ2n) is 5.57. The van der Waals surface area contributed by atoms with Crippen LogP contribution < -0.4 is 10.5 Å². The molecule has 0 aromatic carbocycles. The van der Waals surface area contributed by atoms with Gasteiger partial charge in [-0.05, 0) is 20.3 Å². The fourth-order valence-electron chi connectivity index (χ4n) is 2.95. The number of aromatic nitrogens is 1. The molecule has 3 unspecified atom stereocenters. The fourth-order valence-corrected chi connectivity index (χ4v) is 6.15. The maximum absolute atomic E-state index is 6.53. The summed E-state index contributed by atoms with van der Waals surface area (Å²) in [6, 6.07) is 0.159. The molecule has 1 aliphatic heterocycles. The van der Waals surface area contributed by atoms with Crippen LogP contribution in [-0.2, 0) is 6.42 Å². The van der Waals surface area contributed by atoms with Crippen molar-refractivity contribution in [2.24, 2.45) is 5.73 Å². The SMILES string of the molecule is CCC1SCCSC1C(N)Cc1ncc(C)c(OC)c1C. The number of methoxy groups -OCH3 is 1. The highest BCUT2D eigenvalue weighted by Gasteiger charge is 2.30. The van der Waals surface area contributed by atoms with Crippen molar-refractivity contribution in [3.05, 3.63) is 23.0 Å². The largest absolute Gasteiger partial charge is 0.496 e. The minimum absolute atomic E-state index is 0.159. The number of aryl methyl sites for hydroxylation is 1. The number of nitrogens with zero attached hydrogens (tertiary/aromatic N) is 1. The van der Waals surface area contributed by atoms with Gasteiger partial charge in [0.15, 0.2) is 0 Å². The molecular weight excluding hydrogens is 300 g/mol. The molecule has 2 heterocycles. The van der Waals surface area contributed by atoms with Gasteiger partial charge in [-0.15, -0.1) is 0 Å². The maximum atomic E-state index is 6.53. The molecule has 0 spiro atoms.